The Morgan fingerprint density at radius 1 is 0.710 bits per heavy atom. The second-order valence-electron chi connectivity index (χ2n) is 7.88. The summed E-state index contributed by atoms with van der Waals surface area (Å²) in [7, 11) is 0. The Bertz CT molecular complexity index is 1370. The van der Waals surface area contributed by atoms with E-state index in [-0.39, 0.29) is 0 Å². The van der Waals surface area contributed by atoms with Crippen LogP contribution in [0.15, 0.2) is 91.1 Å². The molecule has 0 saturated heterocycles. The predicted octanol–water partition coefficient (Wildman–Crippen LogP) is 6.57. The van der Waals surface area contributed by atoms with Crippen LogP contribution in [0, 0.1) is 13.8 Å². The zero-order chi connectivity index (χ0) is 21.2. The summed E-state index contributed by atoms with van der Waals surface area (Å²) in [6, 6.07) is 29.4. The first-order valence-electron chi connectivity index (χ1n) is 10.5. The van der Waals surface area contributed by atoms with Gasteiger partial charge in [-0.2, -0.15) is 0 Å². The number of hydrogen-bond donors (Lipinski definition) is 0. The standard InChI is InChI=1S/C28H23N3/c1-19-14-15-23(20(2)17-19)24-12-7-6-11-22(24)18-26-30-27(21-9-4-3-5-10-21)25-13-8-16-29-28(25)31-26/h3-17H,18H2,1-2H3. The molecule has 2 aromatic heterocycles. The topological polar surface area (TPSA) is 38.7 Å². The van der Waals surface area contributed by atoms with Crippen LogP contribution in [0.2, 0.25) is 0 Å². The van der Waals surface area contributed by atoms with Crippen molar-refractivity contribution in [3.8, 4) is 22.4 Å². The van der Waals surface area contributed by atoms with Crippen LogP contribution in [0.5, 0.6) is 0 Å². The fraction of sp³-hybridized carbons (Fsp3) is 0.107. The summed E-state index contributed by atoms with van der Waals surface area (Å²) in [4.78, 5) is 14.3. The van der Waals surface area contributed by atoms with Crippen molar-refractivity contribution in [2.75, 3.05) is 0 Å². The van der Waals surface area contributed by atoms with Gasteiger partial charge in [0, 0.05) is 23.6 Å². The molecule has 0 bridgehead atoms. The minimum absolute atomic E-state index is 0.649. The van der Waals surface area contributed by atoms with E-state index >= 15 is 0 Å². The van der Waals surface area contributed by atoms with Gasteiger partial charge in [-0.1, -0.05) is 78.4 Å². The molecule has 3 aromatic carbocycles. The Morgan fingerprint density at radius 2 is 1.52 bits per heavy atom. The van der Waals surface area contributed by atoms with Gasteiger partial charge in [0.05, 0.1) is 5.69 Å². The van der Waals surface area contributed by atoms with Gasteiger partial charge >= 0.3 is 0 Å². The molecule has 0 fully saturated rings. The first-order chi connectivity index (χ1) is 15.2. The minimum atomic E-state index is 0.649. The molecule has 0 atom stereocenters. The summed E-state index contributed by atoms with van der Waals surface area (Å²) in [5.74, 6) is 0.780. The highest BCUT2D eigenvalue weighted by Crippen LogP contribution is 2.30. The van der Waals surface area contributed by atoms with Crippen molar-refractivity contribution in [1.29, 1.82) is 0 Å². The van der Waals surface area contributed by atoms with Gasteiger partial charge in [0.15, 0.2) is 5.65 Å². The Morgan fingerprint density at radius 3 is 2.35 bits per heavy atom. The van der Waals surface area contributed by atoms with E-state index in [0.717, 1.165) is 28.1 Å². The number of benzene rings is 3. The maximum Gasteiger partial charge on any atom is 0.163 e. The highest BCUT2D eigenvalue weighted by atomic mass is 14.9. The van der Waals surface area contributed by atoms with Gasteiger partial charge in [0.25, 0.3) is 0 Å². The maximum atomic E-state index is 4.99. The molecular weight excluding hydrogens is 378 g/mol. The highest BCUT2D eigenvalue weighted by molar-refractivity contribution is 5.90. The van der Waals surface area contributed by atoms with Crippen LogP contribution in [0.1, 0.15) is 22.5 Å². The Labute approximate surface area is 182 Å². The van der Waals surface area contributed by atoms with Crippen LogP contribution in [0.25, 0.3) is 33.4 Å². The molecule has 0 aliphatic heterocycles. The number of hydrogen-bond acceptors (Lipinski definition) is 3. The normalized spacial score (nSPS) is 11.0. The predicted molar refractivity (Wildman–Crippen MR) is 127 cm³/mol. The molecule has 3 heteroatoms. The highest BCUT2D eigenvalue weighted by Gasteiger charge is 2.13. The molecule has 0 unspecified atom stereocenters. The van der Waals surface area contributed by atoms with E-state index in [0.29, 0.717) is 6.42 Å². The van der Waals surface area contributed by atoms with Gasteiger partial charge in [0.1, 0.15) is 5.82 Å². The second-order valence-corrected chi connectivity index (χ2v) is 7.88. The van der Waals surface area contributed by atoms with E-state index in [2.05, 4.69) is 73.4 Å². The first kappa shape index (κ1) is 19.1. The van der Waals surface area contributed by atoms with Crippen molar-refractivity contribution in [2.45, 2.75) is 20.3 Å². The van der Waals surface area contributed by atoms with Crippen LogP contribution in [0.3, 0.4) is 0 Å². The molecule has 0 aliphatic rings. The van der Waals surface area contributed by atoms with Crippen molar-refractivity contribution >= 4 is 11.0 Å². The molecule has 0 aliphatic carbocycles. The zero-order valence-corrected chi connectivity index (χ0v) is 17.7. The molecule has 0 N–H and O–H groups in total. The van der Waals surface area contributed by atoms with Gasteiger partial charge < -0.3 is 0 Å². The van der Waals surface area contributed by atoms with Crippen LogP contribution >= 0.6 is 0 Å². The van der Waals surface area contributed by atoms with Crippen LogP contribution in [-0.2, 0) is 6.42 Å². The molecule has 0 spiro atoms. The molecule has 0 amide bonds. The fourth-order valence-corrected chi connectivity index (χ4v) is 4.13. The lowest BCUT2D eigenvalue weighted by Gasteiger charge is -2.13. The maximum absolute atomic E-state index is 4.99. The third-order valence-corrected chi connectivity index (χ3v) is 5.60. The van der Waals surface area contributed by atoms with E-state index in [1.165, 1.54) is 27.8 Å². The van der Waals surface area contributed by atoms with Gasteiger partial charge in [0.2, 0.25) is 0 Å². The summed E-state index contributed by atoms with van der Waals surface area (Å²) >= 11 is 0. The summed E-state index contributed by atoms with van der Waals surface area (Å²) in [6.45, 7) is 4.30. The number of pyridine rings is 1. The summed E-state index contributed by atoms with van der Waals surface area (Å²) in [5.41, 5.74) is 8.98. The van der Waals surface area contributed by atoms with E-state index in [1.54, 1.807) is 6.20 Å². The van der Waals surface area contributed by atoms with E-state index < -0.39 is 0 Å². The quantitative estimate of drug-likeness (QED) is 0.342. The Kier molecular flexibility index (Phi) is 5.01. The Balaban J connectivity index is 1.63. The monoisotopic (exact) mass is 401 g/mol. The molecule has 2 heterocycles. The largest absolute Gasteiger partial charge is 0.237 e. The second kappa shape index (κ2) is 8.11. The molecule has 0 saturated carbocycles. The number of rotatable bonds is 4. The average Bonchev–Trinajstić information content (AvgIpc) is 2.80. The molecule has 31 heavy (non-hydrogen) atoms. The lowest BCUT2D eigenvalue weighted by Crippen LogP contribution is -2.02. The van der Waals surface area contributed by atoms with Crippen LogP contribution in [0.4, 0.5) is 0 Å². The summed E-state index contributed by atoms with van der Waals surface area (Å²) < 4.78 is 0. The third-order valence-electron chi connectivity index (χ3n) is 5.60. The number of nitrogens with zero attached hydrogens (tertiary/aromatic N) is 3. The molecule has 5 aromatic rings. The smallest absolute Gasteiger partial charge is 0.163 e. The van der Waals surface area contributed by atoms with Crippen molar-refractivity contribution in [2.24, 2.45) is 0 Å². The molecule has 5 rings (SSSR count). The van der Waals surface area contributed by atoms with E-state index in [9.17, 15) is 0 Å². The van der Waals surface area contributed by atoms with Gasteiger partial charge in [-0.05, 0) is 48.2 Å². The van der Waals surface area contributed by atoms with Gasteiger partial charge in [-0.3, -0.25) is 0 Å². The number of aryl methyl sites for hydroxylation is 2. The van der Waals surface area contributed by atoms with E-state index in [1.807, 2.05) is 30.3 Å². The van der Waals surface area contributed by atoms with Crippen LogP contribution in [-0.4, -0.2) is 15.0 Å². The third kappa shape index (κ3) is 3.82. The molecule has 3 nitrogen and oxygen atoms in total. The molecule has 150 valence electrons. The van der Waals surface area contributed by atoms with Gasteiger partial charge in [-0.25, -0.2) is 15.0 Å². The molecular formula is C28H23N3. The van der Waals surface area contributed by atoms with Crippen molar-refractivity contribution < 1.29 is 0 Å². The minimum Gasteiger partial charge on any atom is -0.237 e. The fourth-order valence-electron chi connectivity index (χ4n) is 4.13. The molecule has 0 radical (unpaired) electrons. The number of fused-ring (bicyclic) bond motifs is 1. The SMILES string of the molecule is Cc1ccc(-c2ccccc2Cc2nc(-c3ccccc3)c3cccnc3n2)c(C)c1. The Hall–Kier alpha value is -3.85. The van der Waals surface area contributed by atoms with Crippen molar-refractivity contribution in [3.63, 3.8) is 0 Å². The first-order valence-corrected chi connectivity index (χ1v) is 10.5. The van der Waals surface area contributed by atoms with Crippen LogP contribution < -0.4 is 0 Å². The van der Waals surface area contributed by atoms with Crippen molar-refractivity contribution in [1.82, 2.24) is 15.0 Å². The number of aromatic nitrogens is 3. The lowest BCUT2D eigenvalue weighted by atomic mass is 9.93. The van der Waals surface area contributed by atoms with Crippen molar-refractivity contribution in [3.05, 3.63) is 114 Å². The summed E-state index contributed by atoms with van der Waals surface area (Å²) in [5, 5.41) is 0.972. The summed E-state index contributed by atoms with van der Waals surface area (Å²) in [6.07, 6.45) is 2.44. The zero-order valence-electron chi connectivity index (χ0n) is 17.7. The lowest BCUT2D eigenvalue weighted by molar-refractivity contribution is 0.987. The van der Waals surface area contributed by atoms with E-state index in [4.69, 9.17) is 9.97 Å². The van der Waals surface area contributed by atoms with Gasteiger partial charge in [-0.15, -0.1) is 0 Å². The average molecular weight is 402 g/mol.